The number of carbonyl (C=O) groups excluding carboxylic acids is 1. The molecule has 1 aliphatic carbocycles. The van der Waals surface area contributed by atoms with Crippen molar-refractivity contribution in [1.82, 2.24) is 15.5 Å². The zero-order valence-corrected chi connectivity index (χ0v) is 14.3. The van der Waals surface area contributed by atoms with Crippen molar-refractivity contribution in [3.05, 3.63) is 17.8 Å². The standard InChI is InChI=1S/C16H18F6N4O/c1-9-2-3-10(26-25-9)24-12(27)14(8-13(14)4-6-23-7-5-13)11(15(17,18)19)16(20,21)22/h2-3,11,23H,4-8H2,1H3,(H,24,26,27)/t14-/m0/s1/i/hD. The average molecular weight is 397 g/mol. The van der Waals surface area contributed by atoms with Crippen molar-refractivity contribution < 1.29 is 32.5 Å². The topological polar surface area (TPSA) is 66.9 Å². The molecule has 1 saturated heterocycles. The van der Waals surface area contributed by atoms with Gasteiger partial charge in [-0.25, -0.2) is 0 Å². The molecule has 1 aromatic rings. The maximum atomic E-state index is 13.5. The number of hydrogen-bond acceptors (Lipinski definition) is 4. The molecule has 27 heavy (non-hydrogen) atoms. The minimum atomic E-state index is -5.64. The van der Waals surface area contributed by atoms with Gasteiger partial charge in [0, 0.05) is 0 Å². The first-order chi connectivity index (χ1) is 12.8. The van der Waals surface area contributed by atoms with Crippen LogP contribution in [0, 0.1) is 23.7 Å². The lowest BCUT2D eigenvalue weighted by atomic mass is 9.75. The van der Waals surface area contributed by atoms with Crippen LogP contribution < -0.4 is 10.6 Å². The quantitative estimate of drug-likeness (QED) is 0.769. The van der Waals surface area contributed by atoms with Gasteiger partial charge in [0.1, 0.15) is 1.41 Å². The predicted molar refractivity (Wildman–Crippen MR) is 82.6 cm³/mol. The van der Waals surface area contributed by atoms with Crippen LogP contribution in [0.25, 0.3) is 0 Å². The molecule has 5 nitrogen and oxygen atoms in total. The van der Waals surface area contributed by atoms with Gasteiger partial charge < -0.3 is 10.6 Å². The maximum Gasteiger partial charge on any atom is 0.401 e. The Morgan fingerprint density at radius 3 is 2.26 bits per heavy atom. The van der Waals surface area contributed by atoms with Crippen molar-refractivity contribution in [3.63, 3.8) is 0 Å². The Bertz CT molecular complexity index is 731. The van der Waals surface area contributed by atoms with Crippen molar-refractivity contribution in [3.8, 4) is 0 Å². The van der Waals surface area contributed by atoms with E-state index in [0.717, 1.165) is 5.31 Å². The number of halogens is 6. The second-order valence-corrected chi connectivity index (χ2v) is 7.13. The predicted octanol–water partition coefficient (Wildman–Crippen LogP) is 3.22. The van der Waals surface area contributed by atoms with Crippen LogP contribution in [-0.2, 0) is 4.79 Å². The molecule has 2 N–H and O–H groups in total. The van der Waals surface area contributed by atoms with Crippen LogP contribution in [0.4, 0.5) is 32.2 Å². The van der Waals surface area contributed by atoms with Gasteiger partial charge in [-0.3, -0.25) is 4.79 Å². The molecule has 0 bridgehead atoms. The Labute approximate surface area is 152 Å². The SMILES string of the molecule is [2H]N1CCC2(CC1)C[C@@]2(C(=O)Nc1ccc(C)nn1)C(C(F)(F)F)C(F)(F)F. The van der Waals surface area contributed by atoms with E-state index in [1.165, 1.54) is 12.1 Å². The van der Waals surface area contributed by atoms with Crippen LogP contribution in [0.3, 0.4) is 0 Å². The zero-order chi connectivity index (χ0) is 21.0. The van der Waals surface area contributed by atoms with Crippen molar-refractivity contribution in [2.75, 3.05) is 18.4 Å². The van der Waals surface area contributed by atoms with E-state index < -0.39 is 41.4 Å². The van der Waals surface area contributed by atoms with Gasteiger partial charge in [-0.1, -0.05) is 0 Å². The van der Waals surface area contributed by atoms with Gasteiger partial charge in [0.15, 0.2) is 11.7 Å². The molecule has 3 rings (SSSR count). The minimum absolute atomic E-state index is 0.00179. The van der Waals surface area contributed by atoms with Gasteiger partial charge in [-0.15, -0.1) is 5.10 Å². The molecule has 2 fully saturated rings. The van der Waals surface area contributed by atoms with Gasteiger partial charge in [-0.05, 0) is 56.8 Å². The lowest BCUT2D eigenvalue weighted by Gasteiger charge is -2.36. The Morgan fingerprint density at radius 2 is 1.78 bits per heavy atom. The number of nitrogens with zero attached hydrogens (tertiary/aromatic N) is 2. The number of aryl methyl sites for hydroxylation is 1. The number of carbonyl (C=O) groups is 1. The summed E-state index contributed by atoms with van der Waals surface area (Å²) in [6.45, 7) is 1.59. The molecule has 0 unspecified atom stereocenters. The summed E-state index contributed by atoms with van der Waals surface area (Å²) in [6, 6.07) is 2.70. The molecule has 1 spiro atoms. The first kappa shape index (κ1) is 18.5. The van der Waals surface area contributed by atoms with E-state index in [9.17, 15) is 31.1 Å². The van der Waals surface area contributed by atoms with Crippen molar-refractivity contribution >= 4 is 11.7 Å². The fraction of sp³-hybridized carbons (Fsp3) is 0.688. The third kappa shape index (κ3) is 3.37. The fourth-order valence-corrected chi connectivity index (χ4v) is 4.23. The number of hydrogen-bond donors (Lipinski definition) is 2. The smallest absolute Gasteiger partial charge is 0.317 e. The highest BCUT2D eigenvalue weighted by Crippen LogP contribution is 2.76. The normalized spacial score (nSPS) is 26.1. The molecule has 11 heteroatoms. The third-order valence-electron chi connectivity index (χ3n) is 5.53. The Kier molecular flexibility index (Phi) is 4.32. The maximum absolute atomic E-state index is 13.5. The molecular formula is C16H18F6N4O. The van der Waals surface area contributed by atoms with E-state index in [-0.39, 0.29) is 31.7 Å². The third-order valence-corrected chi connectivity index (χ3v) is 5.53. The van der Waals surface area contributed by atoms with Crippen LogP contribution in [0.5, 0.6) is 0 Å². The summed E-state index contributed by atoms with van der Waals surface area (Å²) in [4.78, 5) is 12.8. The van der Waals surface area contributed by atoms with Crippen molar-refractivity contribution in [2.24, 2.45) is 16.7 Å². The number of nitrogens with one attached hydrogen (secondary N) is 2. The van der Waals surface area contributed by atoms with E-state index in [4.69, 9.17) is 1.41 Å². The minimum Gasteiger partial charge on any atom is -0.317 e. The van der Waals surface area contributed by atoms with Gasteiger partial charge in [0.2, 0.25) is 5.91 Å². The zero-order valence-electron chi connectivity index (χ0n) is 15.3. The van der Waals surface area contributed by atoms with Crippen LogP contribution in [0.1, 0.15) is 25.0 Å². The summed E-state index contributed by atoms with van der Waals surface area (Å²) in [6.07, 6.45) is -12.0. The molecular weight excluding hydrogens is 378 g/mol. The molecule has 2 aliphatic rings. The summed E-state index contributed by atoms with van der Waals surface area (Å²) in [5.74, 6) is -5.36. The lowest BCUT2D eigenvalue weighted by molar-refractivity contribution is -0.303. The summed E-state index contributed by atoms with van der Waals surface area (Å²) in [5, 5.41) is 10.4. The molecule has 2 heterocycles. The van der Waals surface area contributed by atoms with E-state index in [1.807, 2.05) is 0 Å². The molecule has 150 valence electrons. The molecule has 0 aromatic carbocycles. The summed E-state index contributed by atoms with van der Waals surface area (Å²) < 4.78 is 88.8. The highest BCUT2D eigenvalue weighted by Gasteiger charge is 2.83. The van der Waals surface area contributed by atoms with Gasteiger partial charge in [-0.2, -0.15) is 31.4 Å². The Balaban J connectivity index is 2.01. The summed E-state index contributed by atoms with van der Waals surface area (Å²) >= 11 is 0. The number of alkyl halides is 6. The summed E-state index contributed by atoms with van der Waals surface area (Å²) in [7, 11) is 0. The van der Waals surface area contributed by atoms with Crippen LogP contribution in [0.15, 0.2) is 12.1 Å². The highest BCUT2D eigenvalue weighted by molar-refractivity contribution is 5.98. The van der Waals surface area contributed by atoms with Crippen LogP contribution >= 0.6 is 0 Å². The highest BCUT2D eigenvalue weighted by atomic mass is 19.4. The van der Waals surface area contributed by atoms with Crippen LogP contribution in [0.2, 0.25) is 1.41 Å². The molecule has 1 aromatic heterocycles. The summed E-state index contributed by atoms with van der Waals surface area (Å²) in [5.41, 5.74) is -3.67. The second-order valence-electron chi connectivity index (χ2n) is 7.13. The number of aromatic nitrogens is 2. The van der Waals surface area contributed by atoms with E-state index in [2.05, 4.69) is 15.5 Å². The van der Waals surface area contributed by atoms with Gasteiger partial charge >= 0.3 is 12.4 Å². The average Bonchev–Trinajstić information content (AvgIpc) is 3.18. The first-order valence-corrected chi connectivity index (χ1v) is 8.31. The van der Waals surface area contributed by atoms with E-state index in [0.29, 0.717) is 5.69 Å². The van der Waals surface area contributed by atoms with E-state index in [1.54, 1.807) is 6.92 Å². The van der Waals surface area contributed by atoms with E-state index >= 15 is 0 Å². The Morgan fingerprint density at radius 1 is 1.19 bits per heavy atom. The first-order valence-electron chi connectivity index (χ1n) is 8.76. The molecule has 1 amide bonds. The number of rotatable bonds is 3. The number of anilines is 1. The van der Waals surface area contributed by atoms with Crippen molar-refractivity contribution in [2.45, 2.75) is 38.5 Å². The molecule has 0 radical (unpaired) electrons. The molecule has 1 aliphatic heterocycles. The Hall–Kier alpha value is -1.91. The number of piperidine rings is 1. The molecule has 1 saturated carbocycles. The van der Waals surface area contributed by atoms with Crippen LogP contribution in [-0.4, -0.2) is 41.5 Å². The van der Waals surface area contributed by atoms with Crippen molar-refractivity contribution in [1.29, 1.82) is 0 Å². The van der Waals surface area contributed by atoms with Gasteiger partial charge in [0.05, 0.1) is 11.1 Å². The largest absolute Gasteiger partial charge is 0.401 e. The lowest BCUT2D eigenvalue weighted by Crippen LogP contribution is -2.51. The molecule has 1 atom stereocenters. The monoisotopic (exact) mass is 397 g/mol. The second kappa shape index (κ2) is 6.32. The van der Waals surface area contributed by atoms with Gasteiger partial charge in [0.25, 0.3) is 0 Å². The fourth-order valence-electron chi connectivity index (χ4n) is 4.23. The number of amides is 1.